The maximum Gasteiger partial charge on any atom is 0.150 e. The summed E-state index contributed by atoms with van der Waals surface area (Å²) in [6.07, 6.45) is 1.66. The molecule has 0 bridgehead atoms. The molecule has 1 aromatic rings. The number of hydrogen-bond acceptors (Lipinski definition) is 3. The molecular formula is C9H12N2O. The fraction of sp³-hybridized carbons (Fsp3) is 0.333. The zero-order valence-electron chi connectivity index (χ0n) is 7.24. The Morgan fingerprint density at radius 1 is 1.67 bits per heavy atom. The van der Waals surface area contributed by atoms with Crippen LogP contribution in [0.15, 0.2) is 18.3 Å². The Labute approximate surface area is 71.6 Å². The van der Waals surface area contributed by atoms with E-state index in [9.17, 15) is 4.79 Å². The standard InChI is InChI=1S/C9H12N2O/c1-6-5-8(3-4-11-6)9(10)7(2)12/h3-5,9H,10H2,1-2H3. The lowest BCUT2D eigenvalue weighted by molar-refractivity contribution is -0.118. The fourth-order valence-corrected chi connectivity index (χ4v) is 0.996. The van der Waals surface area contributed by atoms with Crippen LogP contribution in [0.3, 0.4) is 0 Å². The highest BCUT2D eigenvalue weighted by molar-refractivity contribution is 5.82. The number of carbonyl (C=O) groups excluding carboxylic acids is 1. The van der Waals surface area contributed by atoms with Gasteiger partial charge in [-0.3, -0.25) is 9.78 Å². The zero-order chi connectivity index (χ0) is 9.14. The lowest BCUT2D eigenvalue weighted by Gasteiger charge is -2.07. The molecule has 0 aliphatic carbocycles. The molecule has 0 amide bonds. The highest BCUT2D eigenvalue weighted by Crippen LogP contribution is 2.10. The summed E-state index contributed by atoms with van der Waals surface area (Å²) in [6, 6.07) is 3.08. The van der Waals surface area contributed by atoms with E-state index in [0.29, 0.717) is 0 Å². The van der Waals surface area contributed by atoms with Crippen LogP contribution in [0.1, 0.15) is 24.2 Å². The number of ketones is 1. The van der Waals surface area contributed by atoms with Gasteiger partial charge in [0.2, 0.25) is 0 Å². The Hall–Kier alpha value is -1.22. The molecule has 0 aliphatic rings. The van der Waals surface area contributed by atoms with E-state index in [1.165, 1.54) is 6.92 Å². The minimum Gasteiger partial charge on any atom is -0.318 e. The van der Waals surface area contributed by atoms with Gasteiger partial charge in [-0.1, -0.05) is 0 Å². The first-order chi connectivity index (χ1) is 5.61. The van der Waals surface area contributed by atoms with Gasteiger partial charge in [-0.2, -0.15) is 0 Å². The predicted molar refractivity (Wildman–Crippen MR) is 46.6 cm³/mol. The minimum atomic E-state index is -0.508. The summed E-state index contributed by atoms with van der Waals surface area (Å²) < 4.78 is 0. The first-order valence-electron chi connectivity index (χ1n) is 3.80. The molecule has 0 spiro atoms. The molecule has 3 nitrogen and oxygen atoms in total. The summed E-state index contributed by atoms with van der Waals surface area (Å²) >= 11 is 0. The van der Waals surface area contributed by atoms with Crippen LogP contribution in [0.4, 0.5) is 0 Å². The lowest BCUT2D eigenvalue weighted by atomic mass is 10.1. The molecule has 0 radical (unpaired) electrons. The number of hydrogen-bond donors (Lipinski definition) is 1. The smallest absolute Gasteiger partial charge is 0.150 e. The first-order valence-corrected chi connectivity index (χ1v) is 3.80. The second kappa shape index (κ2) is 3.45. The lowest BCUT2D eigenvalue weighted by Crippen LogP contribution is -2.18. The normalized spacial score (nSPS) is 12.6. The van der Waals surface area contributed by atoms with Crippen LogP contribution in [-0.2, 0) is 4.79 Å². The van der Waals surface area contributed by atoms with Crippen LogP contribution >= 0.6 is 0 Å². The van der Waals surface area contributed by atoms with Crippen LogP contribution in [0.2, 0.25) is 0 Å². The number of aromatic nitrogens is 1. The average molecular weight is 164 g/mol. The van der Waals surface area contributed by atoms with Gasteiger partial charge in [0.15, 0.2) is 5.78 Å². The van der Waals surface area contributed by atoms with E-state index in [1.807, 2.05) is 13.0 Å². The maximum absolute atomic E-state index is 10.9. The van der Waals surface area contributed by atoms with Gasteiger partial charge < -0.3 is 5.73 Å². The summed E-state index contributed by atoms with van der Waals surface area (Å²) in [6.45, 7) is 3.36. The summed E-state index contributed by atoms with van der Waals surface area (Å²) in [7, 11) is 0. The molecule has 0 aromatic carbocycles. The highest BCUT2D eigenvalue weighted by atomic mass is 16.1. The fourth-order valence-electron chi connectivity index (χ4n) is 0.996. The van der Waals surface area contributed by atoms with Gasteiger partial charge in [0.1, 0.15) is 0 Å². The second-order valence-corrected chi connectivity index (χ2v) is 2.82. The van der Waals surface area contributed by atoms with Gasteiger partial charge >= 0.3 is 0 Å². The van der Waals surface area contributed by atoms with Crippen molar-refractivity contribution in [1.29, 1.82) is 0 Å². The van der Waals surface area contributed by atoms with Crippen molar-refractivity contribution in [3.05, 3.63) is 29.6 Å². The topological polar surface area (TPSA) is 56.0 Å². The average Bonchev–Trinajstić information content (AvgIpc) is 2.03. The first kappa shape index (κ1) is 8.87. The van der Waals surface area contributed by atoms with Gasteiger partial charge in [0.05, 0.1) is 6.04 Å². The third kappa shape index (κ3) is 1.89. The van der Waals surface area contributed by atoms with Crippen molar-refractivity contribution in [2.24, 2.45) is 5.73 Å². The molecule has 3 heteroatoms. The quantitative estimate of drug-likeness (QED) is 0.708. The number of pyridine rings is 1. The number of aryl methyl sites for hydroxylation is 1. The third-order valence-electron chi connectivity index (χ3n) is 1.72. The summed E-state index contributed by atoms with van der Waals surface area (Å²) in [5.41, 5.74) is 7.34. The van der Waals surface area contributed by atoms with Crippen molar-refractivity contribution < 1.29 is 4.79 Å². The van der Waals surface area contributed by atoms with Gasteiger partial charge in [-0.25, -0.2) is 0 Å². The number of nitrogens with zero attached hydrogens (tertiary/aromatic N) is 1. The SMILES string of the molecule is CC(=O)C(N)c1ccnc(C)c1. The van der Waals surface area contributed by atoms with E-state index in [0.717, 1.165) is 11.3 Å². The Balaban J connectivity index is 2.95. The van der Waals surface area contributed by atoms with Crippen LogP contribution < -0.4 is 5.73 Å². The summed E-state index contributed by atoms with van der Waals surface area (Å²) in [5, 5.41) is 0. The largest absolute Gasteiger partial charge is 0.318 e. The Kier molecular flexibility index (Phi) is 2.55. The van der Waals surface area contributed by atoms with E-state index in [1.54, 1.807) is 12.3 Å². The molecule has 0 aliphatic heterocycles. The Bertz CT molecular complexity index is 296. The van der Waals surface area contributed by atoms with E-state index in [4.69, 9.17) is 5.73 Å². The number of nitrogens with two attached hydrogens (primary N) is 1. The third-order valence-corrected chi connectivity index (χ3v) is 1.72. The summed E-state index contributed by atoms with van der Waals surface area (Å²) in [4.78, 5) is 14.9. The van der Waals surface area contributed by atoms with Crippen LogP contribution in [0.5, 0.6) is 0 Å². The minimum absolute atomic E-state index is 0.0272. The molecule has 1 heterocycles. The second-order valence-electron chi connectivity index (χ2n) is 2.82. The molecule has 1 atom stereocenters. The Morgan fingerprint density at radius 2 is 2.33 bits per heavy atom. The molecule has 12 heavy (non-hydrogen) atoms. The van der Waals surface area contributed by atoms with Crippen LogP contribution in [-0.4, -0.2) is 10.8 Å². The van der Waals surface area contributed by atoms with Crippen molar-refractivity contribution >= 4 is 5.78 Å². The van der Waals surface area contributed by atoms with Crippen molar-refractivity contribution in [3.8, 4) is 0 Å². The number of carbonyl (C=O) groups is 1. The maximum atomic E-state index is 10.9. The molecule has 0 saturated heterocycles. The number of Topliss-reactive ketones (excluding diaryl/α,β-unsaturated/α-hetero) is 1. The molecule has 1 unspecified atom stereocenters. The van der Waals surface area contributed by atoms with Gasteiger partial charge in [-0.15, -0.1) is 0 Å². The Morgan fingerprint density at radius 3 is 2.83 bits per heavy atom. The van der Waals surface area contributed by atoms with Gasteiger partial charge in [-0.05, 0) is 31.5 Å². The van der Waals surface area contributed by atoms with Crippen molar-refractivity contribution in [2.75, 3.05) is 0 Å². The van der Waals surface area contributed by atoms with E-state index in [2.05, 4.69) is 4.98 Å². The molecule has 2 N–H and O–H groups in total. The zero-order valence-corrected chi connectivity index (χ0v) is 7.24. The number of rotatable bonds is 2. The van der Waals surface area contributed by atoms with E-state index >= 15 is 0 Å². The van der Waals surface area contributed by atoms with Gasteiger partial charge in [0.25, 0.3) is 0 Å². The van der Waals surface area contributed by atoms with E-state index in [-0.39, 0.29) is 5.78 Å². The van der Waals surface area contributed by atoms with Crippen molar-refractivity contribution in [2.45, 2.75) is 19.9 Å². The highest BCUT2D eigenvalue weighted by Gasteiger charge is 2.10. The van der Waals surface area contributed by atoms with Crippen LogP contribution in [0.25, 0.3) is 0 Å². The van der Waals surface area contributed by atoms with Gasteiger partial charge in [0, 0.05) is 11.9 Å². The molecule has 1 rings (SSSR count). The molecular weight excluding hydrogens is 152 g/mol. The van der Waals surface area contributed by atoms with Crippen molar-refractivity contribution in [1.82, 2.24) is 4.98 Å². The van der Waals surface area contributed by atoms with E-state index < -0.39 is 6.04 Å². The molecule has 1 aromatic heterocycles. The predicted octanol–water partition coefficient (Wildman–Crippen LogP) is 0.979. The van der Waals surface area contributed by atoms with Crippen molar-refractivity contribution in [3.63, 3.8) is 0 Å². The monoisotopic (exact) mass is 164 g/mol. The molecule has 64 valence electrons. The summed E-state index contributed by atoms with van der Waals surface area (Å²) in [5.74, 6) is -0.0272. The van der Waals surface area contributed by atoms with Crippen LogP contribution in [0, 0.1) is 6.92 Å². The molecule has 0 saturated carbocycles. The molecule has 0 fully saturated rings.